The number of hydrogen-bond donors (Lipinski definition) is 0. The molecule has 0 aliphatic heterocycles. The summed E-state index contributed by atoms with van der Waals surface area (Å²) < 4.78 is 4.99. The Kier molecular flexibility index (Phi) is 16.7. The summed E-state index contributed by atoms with van der Waals surface area (Å²) in [7, 11) is 4.36. The van der Waals surface area contributed by atoms with Crippen molar-refractivity contribution < 1.29 is 9.53 Å². The lowest BCUT2D eigenvalue weighted by Gasteiger charge is -2.19. The Morgan fingerprint density at radius 1 is 1.04 bits per heavy atom. The van der Waals surface area contributed by atoms with Gasteiger partial charge in [-0.15, -0.1) is 0 Å². The molecular weight excluding hydrogens is 382 g/mol. The van der Waals surface area contributed by atoms with Crippen molar-refractivity contribution in [3.8, 4) is 6.07 Å². The first-order valence-corrected chi connectivity index (χ1v) is 12.4. The van der Waals surface area contributed by atoms with Crippen LogP contribution in [-0.4, -0.2) is 22.0 Å². The Morgan fingerprint density at radius 2 is 1.58 bits per heavy atom. The predicted octanol–water partition coefficient (Wildman–Crippen LogP) is 7.24. The van der Waals surface area contributed by atoms with Gasteiger partial charge >= 0.3 is 5.97 Å². The van der Waals surface area contributed by atoms with Crippen LogP contribution >= 0.6 is 33.8 Å². The number of carbonyl (C=O) groups excluding carboxylic acids is 1. The molecule has 0 rings (SSSR count). The van der Waals surface area contributed by atoms with Crippen molar-refractivity contribution in [3.63, 3.8) is 0 Å². The van der Waals surface area contributed by atoms with Gasteiger partial charge in [-0.1, -0.05) is 87.7 Å². The fourth-order valence-electron chi connectivity index (χ4n) is 2.50. The van der Waals surface area contributed by atoms with E-state index in [0.717, 1.165) is 17.0 Å². The van der Waals surface area contributed by atoms with E-state index in [4.69, 9.17) is 12.2 Å². The molecular formula is C20H35NO2S3. The Morgan fingerprint density at radius 3 is 2.08 bits per heavy atom. The third-order valence-corrected chi connectivity index (χ3v) is 8.19. The van der Waals surface area contributed by atoms with E-state index in [2.05, 4.69) is 17.7 Å². The Hall–Kier alpha value is -0.250. The summed E-state index contributed by atoms with van der Waals surface area (Å²) >= 11 is 5.43. The number of ether oxygens (including phenoxy) is 1. The maximum atomic E-state index is 11.3. The van der Waals surface area contributed by atoms with Crippen molar-refractivity contribution in [2.45, 2.75) is 102 Å². The van der Waals surface area contributed by atoms with Gasteiger partial charge in [0.05, 0.1) is 17.4 Å². The second-order valence-electron chi connectivity index (χ2n) is 6.89. The molecule has 0 aromatic heterocycles. The number of rotatable bonds is 16. The summed E-state index contributed by atoms with van der Waals surface area (Å²) in [4.78, 5) is 11.3. The predicted molar refractivity (Wildman–Crippen MR) is 120 cm³/mol. The van der Waals surface area contributed by atoms with Crippen LogP contribution in [0.2, 0.25) is 0 Å². The lowest BCUT2D eigenvalue weighted by Crippen LogP contribution is -2.18. The van der Waals surface area contributed by atoms with Crippen LogP contribution in [0.5, 0.6) is 0 Å². The van der Waals surface area contributed by atoms with Crippen molar-refractivity contribution in [1.29, 1.82) is 5.26 Å². The van der Waals surface area contributed by atoms with Gasteiger partial charge in [-0.3, -0.25) is 4.79 Å². The molecule has 150 valence electrons. The SMILES string of the molecule is CCCCCCCCCCCCC(=S)SSC(C)(C#N)CCC(=O)OC. The second-order valence-corrected chi connectivity index (χ2v) is 10.4. The van der Waals surface area contributed by atoms with E-state index in [-0.39, 0.29) is 12.4 Å². The summed E-state index contributed by atoms with van der Waals surface area (Å²) in [5, 5.41) is 9.37. The molecule has 0 spiro atoms. The molecule has 0 fully saturated rings. The van der Waals surface area contributed by atoms with E-state index in [9.17, 15) is 10.1 Å². The van der Waals surface area contributed by atoms with Crippen LogP contribution in [-0.2, 0) is 9.53 Å². The molecule has 3 nitrogen and oxygen atoms in total. The molecule has 0 saturated carbocycles. The second kappa shape index (κ2) is 16.9. The van der Waals surface area contributed by atoms with Gasteiger partial charge in [-0.25, -0.2) is 0 Å². The van der Waals surface area contributed by atoms with Gasteiger partial charge in [-0.2, -0.15) is 5.26 Å². The summed E-state index contributed by atoms with van der Waals surface area (Å²) in [5.41, 5.74) is 0. The molecule has 0 aromatic carbocycles. The smallest absolute Gasteiger partial charge is 0.305 e. The van der Waals surface area contributed by atoms with Crippen LogP contribution in [0.25, 0.3) is 0 Å². The topological polar surface area (TPSA) is 50.1 Å². The molecule has 0 aromatic rings. The maximum Gasteiger partial charge on any atom is 0.305 e. The number of unbranched alkanes of at least 4 members (excludes halogenated alkanes) is 9. The fraction of sp³-hybridized carbons (Fsp3) is 0.850. The number of thiocarbonyl (C=S) groups is 1. The van der Waals surface area contributed by atoms with E-state index in [1.165, 1.54) is 86.5 Å². The van der Waals surface area contributed by atoms with Gasteiger partial charge in [0.2, 0.25) is 0 Å². The number of carbonyl (C=O) groups is 1. The zero-order valence-corrected chi connectivity index (χ0v) is 19.1. The van der Waals surface area contributed by atoms with Crippen molar-refractivity contribution in [1.82, 2.24) is 0 Å². The fourth-order valence-corrected chi connectivity index (χ4v) is 5.12. The summed E-state index contributed by atoms with van der Waals surface area (Å²) in [6.07, 6.45) is 14.9. The zero-order valence-electron chi connectivity index (χ0n) is 16.7. The summed E-state index contributed by atoms with van der Waals surface area (Å²) in [5.74, 6) is -0.273. The molecule has 0 radical (unpaired) electrons. The highest BCUT2D eigenvalue weighted by molar-refractivity contribution is 8.84. The number of methoxy groups -OCH3 is 1. The van der Waals surface area contributed by atoms with Crippen molar-refractivity contribution in [2.75, 3.05) is 7.11 Å². The molecule has 0 aliphatic rings. The molecule has 1 atom stereocenters. The third-order valence-electron chi connectivity index (χ3n) is 4.32. The normalized spacial score (nSPS) is 13.0. The first-order chi connectivity index (χ1) is 12.5. The Balaban J connectivity index is 3.69. The highest BCUT2D eigenvalue weighted by Crippen LogP contribution is 2.40. The number of hydrogen-bond acceptors (Lipinski definition) is 6. The van der Waals surface area contributed by atoms with Crippen molar-refractivity contribution >= 4 is 44.0 Å². The summed E-state index contributed by atoms with van der Waals surface area (Å²) in [6, 6.07) is 2.30. The largest absolute Gasteiger partial charge is 0.469 e. The average molecular weight is 418 g/mol. The molecule has 6 heteroatoms. The Bertz CT molecular complexity index is 437. The highest BCUT2D eigenvalue weighted by Gasteiger charge is 2.27. The molecule has 1 unspecified atom stereocenters. The molecule has 0 bridgehead atoms. The number of esters is 1. The van der Waals surface area contributed by atoms with Gasteiger partial charge in [0, 0.05) is 6.42 Å². The molecule has 0 N–H and O–H groups in total. The van der Waals surface area contributed by atoms with Gasteiger partial charge in [0.25, 0.3) is 0 Å². The van der Waals surface area contributed by atoms with Crippen molar-refractivity contribution in [2.24, 2.45) is 0 Å². The quantitative estimate of drug-likeness (QED) is 0.114. The van der Waals surface area contributed by atoms with Gasteiger partial charge in [-0.05, 0) is 37.0 Å². The molecule has 0 aliphatic carbocycles. The standard InChI is InChI=1S/C20H35NO2S3/c1-4-5-6-7-8-9-10-11-12-13-14-19(24)25-26-20(2,17-21)16-15-18(22)23-3/h4-16H2,1-3H3. The van der Waals surface area contributed by atoms with Crippen LogP contribution in [0, 0.1) is 11.3 Å². The summed E-state index contributed by atoms with van der Waals surface area (Å²) in [6.45, 7) is 4.11. The van der Waals surface area contributed by atoms with Gasteiger partial charge in [0.15, 0.2) is 0 Å². The number of nitrogens with zero attached hydrogens (tertiary/aromatic N) is 1. The minimum absolute atomic E-state index is 0.263. The van der Waals surface area contributed by atoms with E-state index in [1.807, 2.05) is 6.92 Å². The van der Waals surface area contributed by atoms with E-state index in [0.29, 0.717) is 6.42 Å². The van der Waals surface area contributed by atoms with Crippen LogP contribution < -0.4 is 0 Å². The third kappa shape index (κ3) is 14.9. The van der Waals surface area contributed by atoms with Crippen LogP contribution in [0.15, 0.2) is 0 Å². The highest BCUT2D eigenvalue weighted by atomic mass is 33.1. The zero-order chi connectivity index (χ0) is 19.7. The van der Waals surface area contributed by atoms with Crippen LogP contribution in [0.1, 0.15) is 97.3 Å². The maximum absolute atomic E-state index is 11.3. The Labute approximate surface area is 173 Å². The van der Waals surface area contributed by atoms with E-state index in [1.54, 1.807) is 0 Å². The first kappa shape index (κ1) is 25.8. The van der Waals surface area contributed by atoms with E-state index < -0.39 is 4.75 Å². The van der Waals surface area contributed by atoms with Crippen LogP contribution in [0.3, 0.4) is 0 Å². The number of nitriles is 1. The van der Waals surface area contributed by atoms with Crippen LogP contribution in [0.4, 0.5) is 0 Å². The first-order valence-electron chi connectivity index (χ1n) is 9.84. The van der Waals surface area contributed by atoms with Crippen molar-refractivity contribution in [3.05, 3.63) is 0 Å². The van der Waals surface area contributed by atoms with E-state index >= 15 is 0 Å². The molecule has 0 heterocycles. The monoisotopic (exact) mass is 417 g/mol. The molecule has 26 heavy (non-hydrogen) atoms. The minimum atomic E-state index is -0.610. The molecule has 0 saturated heterocycles. The minimum Gasteiger partial charge on any atom is -0.469 e. The lowest BCUT2D eigenvalue weighted by atomic mass is 10.1. The lowest BCUT2D eigenvalue weighted by molar-refractivity contribution is -0.140. The average Bonchev–Trinajstić information content (AvgIpc) is 2.65. The van der Waals surface area contributed by atoms with Gasteiger partial charge in [0.1, 0.15) is 4.75 Å². The van der Waals surface area contributed by atoms with Gasteiger partial charge < -0.3 is 4.74 Å². The molecule has 0 amide bonds.